The summed E-state index contributed by atoms with van der Waals surface area (Å²) >= 11 is 7.13. The zero-order valence-corrected chi connectivity index (χ0v) is 17.6. The number of ether oxygens (including phenoxy) is 1. The zero-order valence-electron chi connectivity index (χ0n) is 16.0. The van der Waals surface area contributed by atoms with Crippen molar-refractivity contribution in [2.24, 2.45) is 0 Å². The van der Waals surface area contributed by atoms with Crippen LogP contribution in [0.3, 0.4) is 0 Å². The first-order chi connectivity index (χ1) is 14.4. The number of carbonyl (C=O) groups is 2. The summed E-state index contributed by atoms with van der Waals surface area (Å²) < 4.78 is 5.20. The first-order valence-electron chi connectivity index (χ1n) is 8.91. The summed E-state index contributed by atoms with van der Waals surface area (Å²) in [5, 5.41) is 20.4. The number of benzene rings is 2. The van der Waals surface area contributed by atoms with Crippen LogP contribution in [0.5, 0.6) is 5.75 Å². The average molecular weight is 442 g/mol. The number of nitrogens with zero attached hydrogens (tertiary/aromatic N) is 3. The van der Waals surface area contributed by atoms with Crippen LogP contribution in [0, 0.1) is 6.92 Å². The Labute approximate surface area is 181 Å². The van der Waals surface area contributed by atoms with E-state index >= 15 is 0 Å². The van der Waals surface area contributed by atoms with Crippen LogP contribution in [0.4, 0.5) is 5.13 Å². The zero-order chi connectivity index (χ0) is 21.4. The van der Waals surface area contributed by atoms with E-state index in [0.29, 0.717) is 26.9 Å². The van der Waals surface area contributed by atoms with Gasteiger partial charge in [0.25, 0.3) is 5.78 Å². The van der Waals surface area contributed by atoms with Gasteiger partial charge in [-0.3, -0.25) is 14.5 Å². The molecule has 4 rings (SSSR count). The molecule has 0 spiro atoms. The van der Waals surface area contributed by atoms with Crippen LogP contribution in [0.2, 0.25) is 5.02 Å². The van der Waals surface area contributed by atoms with E-state index in [9.17, 15) is 14.7 Å². The number of anilines is 1. The van der Waals surface area contributed by atoms with Crippen LogP contribution in [-0.2, 0) is 9.59 Å². The summed E-state index contributed by atoms with van der Waals surface area (Å²) in [6, 6.07) is 12.4. The Hall–Kier alpha value is -3.23. The Morgan fingerprint density at radius 2 is 1.77 bits per heavy atom. The van der Waals surface area contributed by atoms with Gasteiger partial charge in [-0.2, -0.15) is 0 Å². The molecule has 152 valence electrons. The minimum absolute atomic E-state index is 0.0275. The fraction of sp³-hybridized carbons (Fsp3) is 0.143. The number of amides is 1. The number of methoxy groups -OCH3 is 1. The van der Waals surface area contributed by atoms with Gasteiger partial charge in [0.1, 0.15) is 16.5 Å². The topological polar surface area (TPSA) is 92.6 Å². The summed E-state index contributed by atoms with van der Waals surface area (Å²) in [5.74, 6) is -1.23. The van der Waals surface area contributed by atoms with Crippen molar-refractivity contribution in [2.45, 2.75) is 13.0 Å². The van der Waals surface area contributed by atoms with Crippen molar-refractivity contribution in [3.05, 3.63) is 75.3 Å². The number of Topliss-reactive ketones (excluding diaryl/α,β-unsaturated/α-hetero) is 1. The molecule has 0 radical (unpaired) electrons. The molecule has 0 aliphatic carbocycles. The molecule has 0 saturated carbocycles. The molecule has 2 heterocycles. The third kappa shape index (κ3) is 3.44. The molecular weight excluding hydrogens is 426 g/mol. The normalized spacial score (nSPS) is 18.1. The minimum atomic E-state index is -0.862. The lowest BCUT2D eigenvalue weighted by Gasteiger charge is -2.22. The molecule has 1 saturated heterocycles. The minimum Gasteiger partial charge on any atom is -0.507 e. The molecular formula is C21H16ClN3O4S. The fourth-order valence-electron chi connectivity index (χ4n) is 3.28. The quantitative estimate of drug-likeness (QED) is 0.371. The number of halogens is 1. The average Bonchev–Trinajstić information content (AvgIpc) is 3.29. The van der Waals surface area contributed by atoms with E-state index in [2.05, 4.69) is 10.2 Å². The molecule has 0 unspecified atom stereocenters. The maximum atomic E-state index is 13.0. The van der Waals surface area contributed by atoms with E-state index in [4.69, 9.17) is 16.3 Å². The van der Waals surface area contributed by atoms with Crippen LogP contribution in [0.25, 0.3) is 5.76 Å². The Morgan fingerprint density at radius 1 is 1.10 bits per heavy atom. The SMILES string of the molecule is COc1ccc([C@H]2C(=C(O)c3ccc(Cl)cc3)C(=O)C(=O)N2c2nnc(C)s2)cc1. The van der Waals surface area contributed by atoms with Crippen molar-refractivity contribution in [1.29, 1.82) is 0 Å². The summed E-state index contributed by atoms with van der Waals surface area (Å²) in [5.41, 5.74) is 0.975. The predicted molar refractivity (Wildman–Crippen MR) is 114 cm³/mol. The van der Waals surface area contributed by atoms with Gasteiger partial charge < -0.3 is 9.84 Å². The number of carbonyl (C=O) groups excluding carboxylic acids is 2. The fourth-order valence-corrected chi connectivity index (χ4v) is 4.12. The molecule has 0 bridgehead atoms. The maximum Gasteiger partial charge on any atom is 0.301 e. The van der Waals surface area contributed by atoms with E-state index in [-0.39, 0.29) is 16.5 Å². The van der Waals surface area contributed by atoms with Gasteiger partial charge in [0.2, 0.25) is 5.13 Å². The lowest BCUT2D eigenvalue weighted by atomic mass is 9.95. The van der Waals surface area contributed by atoms with Gasteiger partial charge in [0, 0.05) is 10.6 Å². The predicted octanol–water partition coefficient (Wildman–Crippen LogP) is 4.13. The highest BCUT2D eigenvalue weighted by molar-refractivity contribution is 7.15. The second kappa shape index (κ2) is 7.89. The van der Waals surface area contributed by atoms with Crippen molar-refractivity contribution < 1.29 is 19.4 Å². The van der Waals surface area contributed by atoms with Gasteiger partial charge in [-0.1, -0.05) is 35.1 Å². The number of aromatic nitrogens is 2. The van der Waals surface area contributed by atoms with E-state index < -0.39 is 17.7 Å². The Balaban J connectivity index is 1.92. The van der Waals surface area contributed by atoms with Crippen molar-refractivity contribution in [2.75, 3.05) is 12.0 Å². The molecule has 30 heavy (non-hydrogen) atoms. The maximum absolute atomic E-state index is 13.0. The van der Waals surface area contributed by atoms with Gasteiger partial charge >= 0.3 is 5.91 Å². The van der Waals surface area contributed by atoms with Crippen LogP contribution in [0.15, 0.2) is 54.1 Å². The molecule has 9 heteroatoms. The third-order valence-corrected chi connectivity index (χ3v) is 5.81. The Kier molecular flexibility index (Phi) is 5.27. The second-order valence-electron chi connectivity index (χ2n) is 6.55. The number of rotatable bonds is 4. The molecule has 1 fully saturated rings. The van der Waals surface area contributed by atoms with Gasteiger partial charge in [-0.15, -0.1) is 10.2 Å². The molecule has 3 aromatic rings. The van der Waals surface area contributed by atoms with E-state index in [0.717, 1.165) is 0 Å². The van der Waals surface area contributed by atoms with E-state index in [1.165, 1.54) is 16.2 Å². The standard InChI is InChI=1S/C21H16ClN3O4S/c1-11-23-24-21(30-11)25-17(12-5-9-15(29-2)10-6-12)16(19(27)20(25)28)18(26)13-3-7-14(22)8-4-13/h3-10,17,26H,1-2H3/t17-/m0/s1. The molecule has 1 N–H and O–H groups in total. The summed E-state index contributed by atoms with van der Waals surface area (Å²) in [4.78, 5) is 27.2. The Bertz CT molecular complexity index is 1160. The third-order valence-electron chi connectivity index (χ3n) is 4.72. The monoisotopic (exact) mass is 441 g/mol. The highest BCUT2D eigenvalue weighted by atomic mass is 35.5. The number of aliphatic hydroxyl groups is 1. The van der Waals surface area contributed by atoms with Gasteiger partial charge in [-0.25, -0.2) is 0 Å². The van der Waals surface area contributed by atoms with Gasteiger partial charge in [0.15, 0.2) is 0 Å². The molecule has 2 aromatic carbocycles. The number of hydrogen-bond donors (Lipinski definition) is 1. The summed E-state index contributed by atoms with van der Waals surface area (Å²) in [6.07, 6.45) is 0. The van der Waals surface area contributed by atoms with Crippen molar-refractivity contribution in [1.82, 2.24) is 10.2 Å². The number of ketones is 1. The number of hydrogen-bond acceptors (Lipinski definition) is 7. The smallest absolute Gasteiger partial charge is 0.301 e. The largest absolute Gasteiger partial charge is 0.507 e. The first-order valence-corrected chi connectivity index (χ1v) is 10.1. The number of aliphatic hydroxyl groups excluding tert-OH is 1. The van der Waals surface area contributed by atoms with Crippen LogP contribution in [0.1, 0.15) is 22.2 Å². The second-order valence-corrected chi connectivity index (χ2v) is 8.15. The lowest BCUT2D eigenvalue weighted by molar-refractivity contribution is -0.132. The molecule has 7 nitrogen and oxygen atoms in total. The molecule has 1 aliphatic rings. The van der Waals surface area contributed by atoms with E-state index in [1.54, 1.807) is 62.6 Å². The molecule has 1 amide bonds. The highest BCUT2D eigenvalue weighted by Crippen LogP contribution is 2.43. The Morgan fingerprint density at radius 3 is 2.33 bits per heavy atom. The van der Waals surface area contributed by atoms with Crippen molar-refractivity contribution in [3.63, 3.8) is 0 Å². The van der Waals surface area contributed by atoms with Crippen molar-refractivity contribution >= 4 is 45.5 Å². The lowest BCUT2D eigenvalue weighted by Crippen LogP contribution is -2.29. The van der Waals surface area contributed by atoms with E-state index in [1.807, 2.05) is 0 Å². The van der Waals surface area contributed by atoms with Crippen LogP contribution >= 0.6 is 22.9 Å². The van der Waals surface area contributed by atoms with Gasteiger partial charge in [-0.05, 0) is 48.9 Å². The van der Waals surface area contributed by atoms with Crippen LogP contribution in [-0.4, -0.2) is 34.1 Å². The number of aryl methyl sites for hydroxylation is 1. The summed E-state index contributed by atoms with van der Waals surface area (Å²) in [7, 11) is 1.55. The summed E-state index contributed by atoms with van der Waals surface area (Å²) in [6.45, 7) is 1.76. The first kappa shape index (κ1) is 20.1. The van der Waals surface area contributed by atoms with Crippen LogP contribution < -0.4 is 9.64 Å². The van der Waals surface area contributed by atoms with Crippen molar-refractivity contribution in [3.8, 4) is 5.75 Å². The van der Waals surface area contributed by atoms with Gasteiger partial charge in [0.05, 0.1) is 18.7 Å². The highest BCUT2D eigenvalue weighted by Gasteiger charge is 2.48. The molecule has 1 aromatic heterocycles. The molecule has 1 aliphatic heterocycles. The molecule has 1 atom stereocenters.